The molecule has 2 aliphatic heterocycles. The number of amides is 3. The first-order chi connectivity index (χ1) is 17.9. The predicted molar refractivity (Wildman–Crippen MR) is 129 cm³/mol. The Labute approximate surface area is 218 Å². The van der Waals surface area contributed by atoms with E-state index in [2.05, 4.69) is 10.6 Å². The largest absolute Gasteiger partial charge is 0.423 e. The highest BCUT2D eigenvalue weighted by Crippen LogP contribution is 2.49. The van der Waals surface area contributed by atoms with Gasteiger partial charge in [0.2, 0.25) is 5.60 Å². The normalized spacial score (nSPS) is 20.0. The Bertz CT molecular complexity index is 1540. The van der Waals surface area contributed by atoms with Gasteiger partial charge in [0, 0.05) is 33.0 Å². The van der Waals surface area contributed by atoms with Crippen molar-refractivity contribution in [1.29, 1.82) is 5.26 Å². The number of nitriles is 1. The predicted octanol–water partition coefficient (Wildman–Crippen LogP) is 5.18. The van der Waals surface area contributed by atoms with Crippen molar-refractivity contribution in [3.8, 4) is 6.07 Å². The van der Waals surface area contributed by atoms with Crippen LogP contribution in [-0.2, 0) is 12.0 Å². The van der Waals surface area contributed by atoms with Crippen LogP contribution in [0, 0.1) is 17.1 Å². The van der Waals surface area contributed by atoms with Gasteiger partial charge in [0.05, 0.1) is 30.8 Å². The standard InChI is InChI=1S/C26H17ClF4N4O3/c27-18-6-5-14(28)11-15(18)22-21-16(23(36)34-22)9-13(7-8-32)10-19(21)33-24(37)35-12-25(38,26(29,30)31)17-3-1-2-4-20(17)35/h1-6,9-11,22,38H,7,12H2,(H,33,37)(H,34,36)/t22-,25+/m1/s1. The first kappa shape index (κ1) is 25.5. The molecule has 0 fully saturated rings. The lowest BCUT2D eigenvalue weighted by molar-refractivity contribution is -0.258. The van der Waals surface area contributed by atoms with Crippen molar-refractivity contribution >= 4 is 34.9 Å². The van der Waals surface area contributed by atoms with Crippen molar-refractivity contribution in [3.63, 3.8) is 0 Å². The Morgan fingerprint density at radius 3 is 2.68 bits per heavy atom. The van der Waals surface area contributed by atoms with Gasteiger partial charge in [-0.2, -0.15) is 18.4 Å². The molecule has 0 saturated carbocycles. The fourth-order valence-electron chi connectivity index (χ4n) is 4.82. The lowest BCUT2D eigenvalue weighted by Gasteiger charge is -2.27. The maximum absolute atomic E-state index is 14.1. The monoisotopic (exact) mass is 544 g/mol. The van der Waals surface area contributed by atoms with Crippen LogP contribution in [0.1, 0.15) is 38.7 Å². The molecule has 194 valence electrons. The molecule has 0 spiro atoms. The average molecular weight is 545 g/mol. The number of para-hydroxylation sites is 1. The Kier molecular flexibility index (Phi) is 6.04. The number of fused-ring (bicyclic) bond motifs is 2. The molecule has 12 heteroatoms. The van der Waals surface area contributed by atoms with E-state index in [1.54, 1.807) is 0 Å². The minimum Gasteiger partial charge on any atom is -0.375 e. The fourth-order valence-corrected chi connectivity index (χ4v) is 5.05. The van der Waals surface area contributed by atoms with E-state index >= 15 is 0 Å². The van der Waals surface area contributed by atoms with Crippen molar-refractivity contribution < 1.29 is 32.3 Å². The second-order valence-corrected chi connectivity index (χ2v) is 9.31. The van der Waals surface area contributed by atoms with Gasteiger partial charge >= 0.3 is 12.2 Å². The molecule has 3 aromatic carbocycles. The van der Waals surface area contributed by atoms with Crippen LogP contribution in [0.5, 0.6) is 0 Å². The van der Waals surface area contributed by atoms with E-state index in [-0.39, 0.29) is 39.5 Å². The molecule has 5 rings (SSSR count). The Morgan fingerprint density at radius 2 is 1.97 bits per heavy atom. The van der Waals surface area contributed by atoms with E-state index in [0.29, 0.717) is 5.56 Å². The first-order valence-corrected chi connectivity index (χ1v) is 11.6. The van der Waals surface area contributed by atoms with Crippen LogP contribution in [0.2, 0.25) is 5.02 Å². The first-order valence-electron chi connectivity index (χ1n) is 11.2. The molecule has 0 saturated heterocycles. The van der Waals surface area contributed by atoms with Gasteiger partial charge in [-0.25, -0.2) is 9.18 Å². The van der Waals surface area contributed by atoms with Gasteiger partial charge in [0.25, 0.3) is 5.91 Å². The third kappa shape index (κ3) is 4.02. The average Bonchev–Trinajstić information content (AvgIpc) is 3.36. The van der Waals surface area contributed by atoms with Crippen molar-refractivity contribution in [2.45, 2.75) is 24.2 Å². The van der Waals surface area contributed by atoms with Crippen molar-refractivity contribution in [3.05, 3.63) is 93.3 Å². The fraction of sp³-hybridized carbons (Fsp3) is 0.192. The molecular formula is C26H17ClF4N4O3. The van der Waals surface area contributed by atoms with Crippen molar-refractivity contribution in [2.75, 3.05) is 16.8 Å². The highest BCUT2D eigenvalue weighted by atomic mass is 35.5. The summed E-state index contributed by atoms with van der Waals surface area (Å²) >= 11 is 6.27. The number of benzene rings is 3. The number of halogens is 5. The summed E-state index contributed by atoms with van der Waals surface area (Å²) in [7, 11) is 0. The molecular weight excluding hydrogens is 528 g/mol. The number of carbonyl (C=O) groups is 2. The van der Waals surface area contributed by atoms with Crippen LogP contribution < -0.4 is 15.5 Å². The van der Waals surface area contributed by atoms with E-state index in [9.17, 15) is 37.5 Å². The lowest BCUT2D eigenvalue weighted by atomic mass is 9.94. The van der Waals surface area contributed by atoms with Crippen LogP contribution in [0.4, 0.5) is 33.7 Å². The summed E-state index contributed by atoms with van der Waals surface area (Å²) in [6, 6.07) is 11.5. The van der Waals surface area contributed by atoms with Crippen LogP contribution in [0.25, 0.3) is 0 Å². The molecule has 2 aliphatic rings. The number of carbonyl (C=O) groups excluding carboxylic acids is 2. The SMILES string of the molecule is N#CCc1cc(NC(=O)N2C[C@@](O)(C(F)(F)F)c3ccccc32)c2c(c1)C(=O)N[C@@H]2c1cc(F)ccc1Cl. The maximum atomic E-state index is 14.1. The minimum atomic E-state index is -5.07. The van der Waals surface area contributed by atoms with E-state index in [1.807, 2.05) is 6.07 Å². The molecule has 0 aromatic heterocycles. The lowest BCUT2D eigenvalue weighted by Crippen LogP contribution is -2.48. The topological polar surface area (TPSA) is 105 Å². The summed E-state index contributed by atoms with van der Waals surface area (Å²) in [5, 5.41) is 25.1. The molecule has 0 radical (unpaired) electrons. The van der Waals surface area contributed by atoms with Gasteiger partial charge in [0.15, 0.2) is 0 Å². The summed E-state index contributed by atoms with van der Waals surface area (Å²) < 4.78 is 55.6. The molecule has 3 aromatic rings. The number of hydrogen-bond acceptors (Lipinski definition) is 4. The minimum absolute atomic E-state index is 0.0151. The highest BCUT2D eigenvalue weighted by Gasteiger charge is 2.61. The molecule has 0 aliphatic carbocycles. The zero-order chi connectivity index (χ0) is 27.4. The van der Waals surface area contributed by atoms with Gasteiger partial charge in [0.1, 0.15) is 5.82 Å². The third-order valence-electron chi connectivity index (χ3n) is 6.58. The summed E-state index contributed by atoms with van der Waals surface area (Å²) in [5.41, 5.74) is -3.05. The molecule has 38 heavy (non-hydrogen) atoms. The van der Waals surface area contributed by atoms with E-state index in [4.69, 9.17) is 11.6 Å². The van der Waals surface area contributed by atoms with E-state index < -0.39 is 47.7 Å². The van der Waals surface area contributed by atoms with Gasteiger partial charge in [-0.15, -0.1) is 0 Å². The third-order valence-corrected chi connectivity index (χ3v) is 6.93. The van der Waals surface area contributed by atoms with Crippen LogP contribution in [0.3, 0.4) is 0 Å². The second-order valence-electron chi connectivity index (χ2n) is 8.90. The number of hydrogen-bond donors (Lipinski definition) is 3. The zero-order valence-electron chi connectivity index (χ0n) is 19.2. The molecule has 0 bridgehead atoms. The van der Waals surface area contributed by atoms with Gasteiger partial charge in [-0.1, -0.05) is 29.8 Å². The molecule has 7 nitrogen and oxygen atoms in total. The molecule has 3 amide bonds. The van der Waals surface area contributed by atoms with Gasteiger partial charge in [-0.05, 0) is 42.0 Å². The number of urea groups is 1. The van der Waals surface area contributed by atoms with Gasteiger partial charge in [-0.3, -0.25) is 9.69 Å². The summed E-state index contributed by atoms with van der Waals surface area (Å²) in [6.07, 6.45) is -5.20. The van der Waals surface area contributed by atoms with Crippen molar-refractivity contribution in [2.24, 2.45) is 0 Å². The Morgan fingerprint density at radius 1 is 1.24 bits per heavy atom. The highest BCUT2D eigenvalue weighted by molar-refractivity contribution is 6.31. The maximum Gasteiger partial charge on any atom is 0.423 e. The van der Waals surface area contributed by atoms with Crippen LogP contribution in [0.15, 0.2) is 54.6 Å². The van der Waals surface area contributed by atoms with Gasteiger partial charge < -0.3 is 15.7 Å². The summed E-state index contributed by atoms with van der Waals surface area (Å²) in [5.74, 6) is -1.20. The van der Waals surface area contributed by atoms with E-state index in [1.165, 1.54) is 36.4 Å². The van der Waals surface area contributed by atoms with Crippen LogP contribution >= 0.6 is 11.6 Å². The zero-order valence-corrected chi connectivity index (χ0v) is 20.0. The number of β-amino-alcohol motifs (C(OH)–C–C–N with tert-alkyl or cyclic N) is 1. The van der Waals surface area contributed by atoms with Crippen molar-refractivity contribution in [1.82, 2.24) is 5.32 Å². The molecule has 2 heterocycles. The number of rotatable bonds is 3. The number of nitrogens with zero attached hydrogens (tertiary/aromatic N) is 2. The smallest absolute Gasteiger partial charge is 0.375 e. The Hall–Kier alpha value is -4.14. The number of alkyl halides is 3. The number of aliphatic hydroxyl groups is 1. The molecule has 0 unspecified atom stereocenters. The molecule has 2 atom stereocenters. The quantitative estimate of drug-likeness (QED) is 0.395. The molecule has 3 N–H and O–H groups in total. The Balaban J connectivity index is 1.59. The second kappa shape index (κ2) is 9.01. The summed E-state index contributed by atoms with van der Waals surface area (Å²) in [6.45, 7) is -1.10. The summed E-state index contributed by atoms with van der Waals surface area (Å²) in [4.78, 5) is 27.0. The van der Waals surface area contributed by atoms with E-state index in [0.717, 1.165) is 23.1 Å². The van der Waals surface area contributed by atoms with Crippen LogP contribution in [-0.4, -0.2) is 29.8 Å². The number of nitrogens with one attached hydrogen (secondary N) is 2. The number of anilines is 2.